The number of nitrogens with one attached hydrogen (secondary N) is 2. The lowest BCUT2D eigenvalue weighted by Crippen LogP contribution is -2.28. The van der Waals surface area contributed by atoms with E-state index in [1.165, 1.54) is 0 Å². The predicted octanol–water partition coefficient (Wildman–Crippen LogP) is -1.25. The molecular weight excluding hydrogens is 304 g/mol. The van der Waals surface area contributed by atoms with Crippen molar-refractivity contribution in [1.82, 2.24) is 10.6 Å². The van der Waals surface area contributed by atoms with Gasteiger partial charge in [0.1, 0.15) is 0 Å². The minimum atomic E-state index is -0.751. The number of ether oxygens (including phenoxy) is 2. The van der Waals surface area contributed by atoms with E-state index in [0.717, 1.165) is 6.54 Å². The van der Waals surface area contributed by atoms with E-state index in [9.17, 15) is 9.59 Å². The van der Waals surface area contributed by atoms with Crippen molar-refractivity contribution >= 4 is 11.8 Å². The zero-order valence-corrected chi connectivity index (χ0v) is 13.6. The summed E-state index contributed by atoms with van der Waals surface area (Å²) in [6.45, 7) is 5.35. The number of hydrogen-bond acceptors (Lipinski definition) is 6. The maximum atomic E-state index is 11.0. The standard InChI is InChI=1S/C9H15NO3.C6H11NO3/c1-9(2)12-5-7(13-9)6-3-8(11)10-4-6;8-3-5(9)4-1-6(10)7-2-4/h6-7H,3-5H2,1-2H3,(H,10,11);4-5,8-9H,1-3H2,(H,7,10)/t6-,7+;4-,5+/m00/s1. The fraction of sp³-hybridized carbons (Fsp3) is 0.867. The lowest BCUT2D eigenvalue weighted by molar-refractivity contribution is -0.144. The molecule has 8 nitrogen and oxygen atoms in total. The van der Waals surface area contributed by atoms with Crippen molar-refractivity contribution in [3.8, 4) is 0 Å². The van der Waals surface area contributed by atoms with E-state index < -0.39 is 11.9 Å². The van der Waals surface area contributed by atoms with Crippen LogP contribution in [0.4, 0.5) is 0 Å². The molecule has 4 N–H and O–H groups in total. The zero-order chi connectivity index (χ0) is 17.0. The van der Waals surface area contributed by atoms with E-state index in [1.54, 1.807) is 0 Å². The van der Waals surface area contributed by atoms with Gasteiger partial charge in [0.15, 0.2) is 5.79 Å². The summed E-state index contributed by atoms with van der Waals surface area (Å²) >= 11 is 0. The number of carbonyl (C=O) groups is 2. The van der Waals surface area contributed by atoms with Gasteiger partial charge in [0.05, 0.1) is 25.4 Å². The summed E-state index contributed by atoms with van der Waals surface area (Å²) in [7, 11) is 0. The smallest absolute Gasteiger partial charge is 0.220 e. The molecule has 0 aromatic carbocycles. The highest BCUT2D eigenvalue weighted by atomic mass is 16.7. The molecule has 8 heteroatoms. The third-order valence-electron chi connectivity index (χ3n) is 4.31. The van der Waals surface area contributed by atoms with Gasteiger partial charge in [0.25, 0.3) is 0 Å². The molecule has 0 saturated carbocycles. The van der Waals surface area contributed by atoms with Gasteiger partial charge in [0.2, 0.25) is 11.8 Å². The van der Waals surface area contributed by atoms with Crippen LogP contribution in [-0.2, 0) is 19.1 Å². The second-order valence-electron chi connectivity index (χ2n) is 6.65. The predicted molar refractivity (Wildman–Crippen MR) is 80.2 cm³/mol. The van der Waals surface area contributed by atoms with E-state index >= 15 is 0 Å². The van der Waals surface area contributed by atoms with Crippen LogP contribution in [0.3, 0.4) is 0 Å². The van der Waals surface area contributed by atoms with Gasteiger partial charge >= 0.3 is 0 Å². The van der Waals surface area contributed by atoms with Crippen LogP contribution in [0.15, 0.2) is 0 Å². The monoisotopic (exact) mass is 330 g/mol. The first-order valence-corrected chi connectivity index (χ1v) is 7.95. The van der Waals surface area contributed by atoms with Gasteiger partial charge in [-0.2, -0.15) is 0 Å². The average Bonchev–Trinajstić information content (AvgIpc) is 3.19. The van der Waals surface area contributed by atoms with Crippen LogP contribution in [0.5, 0.6) is 0 Å². The van der Waals surface area contributed by atoms with E-state index in [4.69, 9.17) is 19.7 Å². The van der Waals surface area contributed by atoms with E-state index in [1.807, 2.05) is 13.8 Å². The van der Waals surface area contributed by atoms with Crippen LogP contribution >= 0.6 is 0 Å². The summed E-state index contributed by atoms with van der Waals surface area (Å²) < 4.78 is 11.1. The van der Waals surface area contributed by atoms with Gasteiger partial charge in [-0.3, -0.25) is 9.59 Å². The Balaban J connectivity index is 0.000000174. The first-order chi connectivity index (χ1) is 10.8. The summed E-state index contributed by atoms with van der Waals surface area (Å²) in [5, 5.41) is 22.9. The molecule has 3 fully saturated rings. The molecule has 0 bridgehead atoms. The number of aliphatic hydroxyl groups is 2. The van der Waals surface area contributed by atoms with Crippen LogP contribution in [0.2, 0.25) is 0 Å². The Morgan fingerprint density at radius 1 is 1.22 bits per heavy atom. The maximum absolute atomic E-state index is 11.0. The van der Waals surface area contributed by atoms with Crippen molar-refractivity contribution in [2.45, 2.75) is 44.7 Å². The fourth-order valence-corrected chi connectivity index (χ4v) is 2.89. The second kappa shape index (κ2) is 7.57. The van der Waals surface area contributed by atoms with Gasteiger partial charge in [-0.15, -0.1) is 0 Å². The van der Waals surface area contributed by atoms with Crippen LogP contribution in [0.25, 0.3) is 0 Å². The van der Waals surface area contributed by atoms with Crippen molar-refractivity contribution in [1.29, 1.82) is 0 Å². The fourth-order valence-electron chi connectivity index (χ4n) is 2.89. The number of amides is 2. The highest BCUT2D eigenvalue weighted by Gasteiger charge is 2.39. The molecular formula is C15H26N2O6. The molecule has 0 aromatic rings. The summed E-state index contributed by atoms with van der Waals surface area (Å²) in [4.78, 5) is 21.5. The molecule has 2 amide bonds. The highest BCUT2D eigenvalue weighted by molar-refractivity contribution is 5.78. The first kappa shape index (κ1) is 18.1. The quantitative estimate of drug-likeness (QED) is 0.514. The topological polar surface area (TPSA) is 117 Å². The summed E-state index contributed by atoms with van der Waals surface area (Å²) in [5.74, 6) is -0.210. The molecule has 3 saturated heterocycles. The number of hydrogen-bond donors (Lipinski definition) is 4. The minimum Gasteiger partial charge on any atom is -0.394 e. The van der Waals surface area contributed by atoms with Crippen molar-refractivity contribution in [3.05, 3.63) is 0 Å². The molecule has 0 aliphatic carbocycles. The molecule has 0 aromatic heterocycles. The largest absolute Gasteiger partial charge is 0.394 e. The second-order valence-corrected chi connectivity index (χ2v) is 6.65. The van der Waals surface area contributed by atoms with Gasteiger partial charge in [-0.25, -0.2) is 0 Å². The molecule has 0 radical (unpaired) electrons. The Morgan fingerprint density at radius 2 is 1.87 bits per heavy atom. The normalized spacial score (nSPS) is 33.7. The summed E-state index contributed by atoms with van der Waals surface area (Å²) in [6.07, 6.45) is 0.235. The number of carbonyl (C=O) groups excluding carboxylic acids is 2. The SMILES string of the molecule is CC1(C)OC[C@H]([C@@H]2CNC(=O)C2)O1.O=C1C[C@H]([C@H](O)CO)CN1. The van der Waals surface area contributed by atoms with E-state index in [2.05, 4.69) is 10.6 Å². The van der Waals surface area contributed by atoms with Crippen molar-refractivity contribution in [2.24, 2.45) is 11.8 Å². The Bertz CT molecular complexity index is 442. The zero-order valence-electron chi connectivity index (χ0n) is 13.6. The van der Waals surface area contributed by atoms with Crippen molar-refractivity contribution in [2.75, 3.05) is 26.3 Å². The summed E-state index contributed by atoms with van der Waals surface area (Å²) in [6, 6.07) is 0. The van der Waals surface area contributed by atoms with Crippen LogP contribution in [0.1, 0.15) is 26.7 Å². The molecule has 3 heterocycles. The lowest BCUT2D eigenvalue weighted by atomic mass is 10.0. The maximum Gasteiger partial charge on any atom is 0.220 e. The molecule has 23 heavy (non-hydrogen) atoms. The molecule has 0 unspecified atom stereocenters. The van der Waals surface area contributed by atoms with E-state index in [0.29, 0.717) is 26.0 Å². The third kappa shape index (κ3) is 5.13. The molecule has 4 atom stereocenters. The number of aliphatic hydroxyl groups excluding tert-OH is 2. The third-order valence-corrected chi connectivity index (χ3v) is 4.31. The van der Waals surface area contributed by atoms with E-state index in [-0.39, 0.29) is 36.4 Å². The van der Waals surface area contributed by atoms with Gasteiger partial charge in [0, 0.05) is 37.8 Å². The minimum absolute atomic E-state index is 0.0440. The Kier molecular flexibility index (Phi) is 5.96. The average molecular weight is 330 g/mol. The highest BCUT2D eigenvalue weighted by Crippen LogP contribution is 2.29. The number of rotatable bonds is 3. The molecule has 3 aliphatic heterocycles. The van der Waals surface area contributed by atoms with Crippen LogP contribution in [-0.4, -0.2) is 66.3 Å². The van der Waals surface area contributed by atoms with Gasteiger partial charge in [-0.1, -0.05) is 0 Å². The molecule has 132 valence electrons. The van der Waals surface area contributed by atoms with Gasteiger partial charge in [-0.05, 0) is 13.8 Å². The van der Waals surface area contributed by atoms with Crippen molar-refractivity contribution in [3.63, 3.8) is 0 Å². The molecule has 3 rings (SSSR count). The van der Waals surface area contributed by atoms with Crippen LogP contribution in [0, 0.1) is 11.8 Å². The summed E-state index contributed by atoms with van der Waals surface area (Å²) in [5.41, 5.74) is 0. The van der Waals surface area contributed by atoms with Crippen LogP contribution < -0.4 is 10.6 Å². The first-order valence-electron chi connectivity index (χ1n) is 7.95. The Hall–Kier alpha value is -1.22. The van der Waals surface area contributed by atoms with Gasteiger partial charge < -0.3 is 30.3 Å². The van der Waals surface area contributed by atoms with Crippen molar-refractivity contribution < 1.29 is 29.3 Å². The molecule has 3 aliphatic rings. The molecule has 0 spiro atoms. The lowest BCUT2D eigenvalue weighted by Gasteiger charge is -2.19. The Morgan fingerprint density at radius 3 is 2.30 bits per heavy atom. The Labute approximate surface area is 135 Å².